The van der Waals surface area contributed by atoms with Crippen molar-refractivity contribution >= 4 is 34.8 Å². The van der Waals surface area contributed by atoms with Gasteiger partial charge in [-0.05, 0) is 48.9 Å². The smallest absolute Gasteiger partial charge is 0.213 e. The molecule has 0 atom stereocenters. The van der Waals surface area contributed by atoms with Crippen LogP contribution in [0.2, 0.25) is 15.1 Å². The number of hydrogen-bond donors (Lipinski definition) is 1. The second-order valence-electron chi connectivity index (χ2n) is 6.68. The molecule has 31 heavy (non-hydrogen) atoms. The number of nitrogens with zero attached hydrogens (tertiary/aromatic N) is 1. The maximum atomic E-state index is 6.46. The van der Waals surface area contributed by atoms with E-state index in [9.17, 15) is 0 Å². The molecule has 3 rings (SSSR count). The molecule has 0 aliphatic rings. The fourth-order valence-electron chi connectivity index (χ4n) is 2.84. The van der Waals surface area contributed by atoms with E-state index in [0.29, 0.717) is 45.6 Å². The summed E-state index contributed by atoms with van der Waals surface area (Å²) in [5, 5.41) is 4.95. The molecule has 0 aliphatic heterocycles. The van der Waals surface area contributed by atoms with Crippen molar-refractivity contribution in [2.24, 2.45) is 0 Å². The molecule has 0 amide bonds. The summed E-state index contributed by atoms with van der Waals surface area (Å²) < 4.78 is 17.0. The highest BCUT2D eigenvalue weighted by Crippen LogP contribution is 2.37. The molecule has 0 saturated heterocycles. The van der Waals surface area contributed by atoms with Crippen LogP contribution in [0, 0.1) is 0 Å². The van der Waals surface area contributed by atoms with Gasteiger partial charge in [-0.1, -0.05) is 46.9 Å². The highest BCUT2D eigenvalue weighted by Gasteiger charge is 2.13. The number of ether oxygens (including phenoxy) is 3. The second kappa shape index (κ2) is 12.0. The van der Waals surface area contributed by atoms with Crippen molar-refractivity contribution in [3.8, 4) is 17.4 Å². The van der Waals surface area contributed by atoms with Crippen molar-refractivity contribution in [1.29, 1.82) is 0 Å². The fraction of sp³-hybridized carbons (Fsp3) is 0.261. The maximum Gasteiger partial charge on any atom is 0.213 e. The van der Waals surface area contributed by atoms with Gasteiger partial charge in [-0.15, -0.1) is 0 Å². The molecule has 0 radical (unpaired) electrons. The predicted octanol–water partition coefficient (Wildman–Crippen LogP) is 6.19. The van der Waals surface area contributed by atoms with Gasteiger partial charge in [-0.3, -0.25) is 0 Å². The summed E-state index contributed by atoms with van der Waals surface area (Å²) in [6.07, 6.45) is 2.56. The number of nitrogens with one attached hydrogen (secondary N) is 1. The molecule has 164 valence electrons. The molecule has 2 aromatic carbocycles. The fourth-order valence-corrected chi connectivity index (χ4v) is 3.59. The first-order valence-electron chi connectivity index (χ1n) is 9.74. The summed E-state index contributed by atoms with van der Waals surface area (Å²) in [6.45, 7) is 2.27. The third-order valence-electron chi connectivity index (χ3n) is 4.39. The molecule has 1 N–H and O–H groups in total. The average molecular weight is 482 g/mol. The van der Waals surface area contributed by atoms with Gasteiger partial charge in [0.15, 0.2) is 11.5 Å². The van der Waals surface area contributed by atoms with Gasteiger partial charge in [-0.25, -0.2) is 4.98 Å². The standard InChI is InChI=1S/C23H23Cl3N2O3/c1-29-21-12-16(14-27-8-4-10-30-22-5-2-3-9-28-22)11-20(26)23(21)31-15-17-6-7-18(24)13-19(17)25/h2-3,5-7,9,11-13,27H,4,8,10,14-15H2,1H3. The van der Waals surface area contributed by atoms with Gasteiger partial charge in [-0.2, -0.15) is 0 Å². The molecule has 8 heteroatoms. The number of benzene rings is 2. The van der Waals surface area contributed by atoms with Crippen LogP contribution < -0.4 is 19.5 Å². The predicted molar refractivity (Wildman–Crippen MR) is 125 cm³/mol. The SMILES string of the molecule is COc1cc(CNCCCOc2ccccn2)cc(Cl)c1OCc1ccc(Cl)cc1Cl. The molecule has 1 heterocycles. The number of rotatable bonds is 11. The molecule has 0 aliphatic carbocycles. The van der Waals surface area contributed by atoms with E-state index in [4.69, 9.17) is 49.0 Å². The molecular weight excluding hydrogens is 459 g/mol. The Balaban J connectivity index is 1.50. The number of hydrogen-bond acceptors (Lipinski definition) is 5. The normalized spacial score (nSPS) is 10.7. The zero-order valence-electron chi connectivity index (χ0n) is 17.0. The third-order valence-corrected chi connectivity index (χ3v) is 5.26. The van der Waals surface area contributed by atoms with E-state index in [0.717, 1.165) is 24.1 Å². The van der Waals surface area contributed by atoms with Crippen LogP contribution >= 0.6 is 34.8 Å². The van der Waals surface area contributed by atoms with Crippen LogP contribution in [0.15, 0.2) is 54.7 Å². The lowest BCUT2D eigenvalue weighted by molar-refractivity contribution is 0.284. The Bertz CT molecular complexity index is 987. The van der Waals surface area contributed by atoms with Gasteiger partial charge in [0.05, 0.1) is 18.7 Å². The van der Waals surface area contributed by atoms with Crippen molar-refractivity contribution in [1.82, 2.24) is 10.3 Å². The van der Waals surface area contributed by atoms with E-state index in [2.05, 4.69) is 10.3 Å². The molecule has 0 spiro atoms. The Morgan fingerprint density at radius 3 is 2.58 bits per heavy atom. The summed E-state index contributed by atoms with van der Waals surface area (Å²) in [7, 11) is 1.58. The Morgan fingerprint density at radius 2 is 1.84 bits per heavy atom. The Morgan fingerprint density at radius 1 is 0.968 bits per heavy atom. The molecule has 0 unspecified atom stereocenters. The van der Waals surface area contributed by atoms with Crippen LogP contribution in [-0.2, 0) is 13.2 Å². The minimum absolute atomic E-state index is 0.250. The molecular formula is C23H23Cl3N2O3. The van der Waals surface area contributed by atoms with Crippen molar-refractivity contribution in [3.63, 3.8) is 0 Å². The number of halogens is 3. The van der Waals surface area contributed by atoms with Crippen LogP contribution in [-0.4, -0.2) is 25.2 Å². The number of pyridine rings is 1. The molecule has 0 fully saturated rings. The van der Waals surface area contributed by atoms with Crippen molar-refractivity contribution in [2.45, 2.75) is 19.6 Å². The zero-order chi connectivity index (χ0) is 22.1. The Labute approximate surface area is 197 Å². The lowest BCUT2D eigenvalue weighted by Crippen LogP contribution is -2.17. The van der Waals surface area contributed by atoms with E-state index in [-0.39, 0.29) is 6.61 Å². The van der Waals surface area contributed by atoms with Crippen LogP contribution in [0.3, 0.4) is 0 Å². The van der Waals surface area contributed by atoms with Gasteiger partial charge in [0.2, 0.25) is 5.88 Å². The zero-order valence-corrected chi connectivity index (χ0v) is 19.3. The highest BCUT2D eigenvalue weighted by atomic mass is 35.5. The second-order valence-corrected chi connectivity index (χ2v) is 7.93. The first-order chi connectivity index (χ1) is 15.1. The summed E-state index contributed by atoms with van der Waals surface area (Å²) in [6, 6.07) is 14.6. The minimum Gasteiger partial charge on any atom is -0.493 e. The van der Waals surface area contributed by atoms with E-state index >= 15 is 0 Å². The minimum atomic E-state index is 0.250. The van der Waals surface area contributed by atoms with Gasteiger partial charge < -0.3 is 19.5 Å². The molecule has 1 aromatic heterocycles. The molecule has 3 aromatic rings. The van der Waals surface area contributed by atoms with Crippen molar-refractivity contribution in [2.75, 3.05) is 20.3 Å². The number of methoxy groups -OCH3 is 1. The molecule has 0 saturated carbocycles. The van der Waals surface area contributed by atoms with Crippen molar-refractivity contribution < 1.29 is 14.2 Å². The molecule has 5 nitrogen and oxygen atoms in total. The first-order valence-corrected chi connectivity index (χ1v) is 10.9. The largest absolute Gasteiger partial charge is 0.493 e. The Kier molecular flexibility index (Phi) is 9.10. The van der Waals surface area contributed by atoms with Gasteiger partial charge >= 0.3 is 0 Å². The van der Waals surface area contributed by atoms with E-state index in [1.54, 1.807) is 25.4 Å². The first kappa shape index (κ1) is 23.5. The van der Waals surface area contributed by atoms with Crippen LogP contribution in [0.25, 0.3) is 0 Å². The number of aromatic nitrogens is 1. The van der Waals surface area contributed by atoms with E-state index < -0.39 is 0 Å². The summed E-state index contributed by atoms with van der Waals surface area (Å²) in [5.74, 6) is 1.67. The monoisotopic (exact) mass is 480 g/mol. The summed E-state index contributed by atoms with van der Waals surface area (Å²) >= 11 is 18.6. The van der Waals surface area contributed by atoms with Crippen LogP contribution in [0.5, 0.6) is 17.4 Å². The topological polar surface area (TPSA) is 52.6 Å². The lowest BCUT2D eigenvalue weighted by Gasteiger charge is -2.15. The van der Waals surface area contributed by atoms with E-state index in [1.165, 1.54) is 0 Å². The van der Waals surface area contributed by atoms with Crippen LogP contribution in [0.4, 0.5) is 0 Å². The van der Waals surface area contributed by atoms with Gasteiger partial charge in [0, 0.05) is 34.4 Å². The van der Waals surface area contributed by atoms with Gasteiger partial charge in [0.1, 0.15) is 6.61 Å². The summed E-state index contributed by atoms with van der Waals surface area (Å²) in [4.78, 5) is 4.13. The van der Waals surface area contributed by atoms with Crippen molar-refractivity contribution in [3.05, 3.63) is 80.9 Å². The molecule has 0 bridgehead atoms. The van der Waals surface area contributed by atoms with E-state index in [1.807, 2.05) is 36.4 Å². The summed E-state index contributed by atoms with van der Waals surface area (Å²) in [5.41, 5.74) is 1.80. The Hall–Kier alpha value is -2.18. The maximum absolute atomic E-state index is 6.46. The quantitative estimate of drug-likeness (QED) is 0.331. The third kappa shape index (κ3) is 7.18. The highest BCUT2D eigenvalue weighted by molar-refractivity contribution is 6.35. The average Bonchev–Trinajstić information content (AvgIpc) is 2.77. The van der Waals surface area contributed by atoms with Crippen LogP contribution in [0.1, 0.15) is 17.5 Å². The van der Waals surface area contributed by atoms with Gasteiger partial charge in [0.25, 0.3) is 0 Å². The lowest BCUT2D eigenvalue weighted by atomic mass is 10.2.